The molecule has 0 atom stereocenters. The van der Waals surface area contributed by atoms with Crippen molar-refractivity contribution < 1.29 is 19.2 Å². The maximum absolute atomic E-state index is 12.6. The van der Waals surface area contributed by atoms with Crippen molar-refractivity contribution in [3.8, 4) is 0 Å². The molecule has 3 aromatic rings. The summed E-state index contributed by atoms with van der Waals surface area (Å²) < 4.78 is 6.28. The highest BCUT2D eigenvalue weighted by Crippen LogP contribution is 2.25. The molecule has 0 unspecified atom stereocenters. The van der Waals surface area contributed by atoms with Crippen LogP contribution in [0.2, 0.25) is 0 Å². The molecule has 2 heterocycles. The first-order chi connectivity index (χ1) is 14.7. The second kappa shape index (κ2) is 9.04. The Labute approximate surface area is 180 Å². The molecule has 0 fully saturated rings. The van der Waals surface area contributed by atoms with Gasteiger partial charge in [-0.25, -0.2) is 4.98 Å². The summed E-state index contributed by atoms with van der Waals surface area (Å²) in [5.41, 5.74) is 1.22. The molecule has 1 aromatic carbocycles. The van der Waals surface area contributed by atoms with Gasteiger partial charge in [-0.1, -0.05) is 6.07 Å². The minimum atomic E-state index is -0.657. The molecule has 0 spiro atoms. The third-order valence-corrected chi connectivity index (χ3v) is 5.88. The lowest BCUT2D eigenvalue weighted by Gasteiger charge is -2.08. The predicted molar refractivity (Wildman–Crippen MR) is 115 cm³/mol. The number of aromatic nitrogens is 2. The number of nitro groups is 1. The third-order valence-electron chi connectivity index (χ3n) is 4.77. The number of nitro benzene ring substituents is 1. The molecule has 0 aliphatic heterocycles. The quantitative estimate of drug-likeness (QED) is 0.336. The summed E-state index contributed by atoms with van der Waals surface area (Å²) in [4.78, 5) is 52.9. The van der Waals surface area contributed by atoms with Crippen LogP contribution >= 0.6 is 11.3 Å². The number of nitrogens with one attached hydrogen (secondary N) is 1. The molecule has 0 bridgehead atoms. The normalized spacial score (nSPS) is 10.8. The van der Waals surface area contributed by atoms with Crippen molar-refractivity contribution in [2.75, 3.05) is 11.9 Å². The molecule has 10 nitrogen and oxygen atoms in total. The molecule has 1 N–H and O–H groups in total. The van der Waals surface area contributed by atoms with E-state index in [1.807, 2.05) is 13.8 Å². The zero-order valence-corrected chi connectivity index (χ0v) is 17.9. The first-order valence-corrected chi connectivity index (χ1v) is 10.1. The fourth-order valence-corrected chi connectivity index (χ4v) is 3.93. The lowest BCUT2D eigenvalue weighted by molar-refractivity contribution is -0.385. The van der Waals surface area contributed by atoms with E-state index in [9.17, 15) is 24.5 Å². The molecule has 31 heavy (non-hydrogen) atoms. The maximum Gasteiger partial charge on any atom is 0.308 e. The monoisotopic (exact) mass is 444 g/mol. The lowest BCUT2D eigenvalue weighted by atomic mass is 10.2. The molecule has 162 valence electrons. The molecule has 0 aliphatic carbocycles. The summed E-state index contributed by atoms with van der Waals surface area (Å²) in [5, 5.41) is 14.0. The Balaban J connectivity index is 1.54. The average Bonchev–Trinajstić information content (AvgIpc) is 3.01. The first kappa shape index (κ1) is 22.1. The van der Waals surface area contributed by atoms with E-state index in [4.69, 9.17) is 4.74 Å². The number of aryl methyl sites for hydroxylation is 4. The van der Waals surface area contributed by atoms with Gasteiger partial charge in [0.25, 0.3) is 17.2 Å². The Hall–Kier alpha value is -3.60. The van der Waals surface area contributed by atoms with Crippen molar-refractivity contribution in [1.29, 1.82) is 0 Å². The van der Waals surface area contributed by atoms with E-state index in [1.54, 1.807) is 6.92 Å². The van der Waals surface area contributed by atoms with E-state index in [-0.39, 0.29) is 29.9 Å². The standard InChI is InChI=1S/C20H20N4O6S/c1-11-4-5-14(8-15(11)24(28)29)22-16(25)9-30-17(26)6-7-23-10-21-19-18(20(23)27)12(2)13(3)31-19/h4-5,8,10H,6-7,9H2,1-3H3,(H,22,25). The number of thiophene rings is 1. The number of fused-ring (bicyclic) bond motifs is 1. The maximum atomic E-state index is 12.6. The lowest BCUT2D eigenvalue weighted by Crippen LogP contribution is -2.24. The van der Waals surface area contributed by atoms with Crippen LogP contribution in [0.25, 0.3) is 10.2 Å². The highest BCUT2D eigenvalue weighted by molar-refractivity contribution is 7.18. The van der Waals surface area contributed by atoms with E-state index >= 15 is 0 Å². The summed E-state index contributed by atoms with van der Waals surface area (Å²) in [6, 6.07) is 4.27. The van der Waals surface area contributed by atoms with Crippen LogP contribution in [0.1, 0.15) is 22.4 Å². The third kappa shape index (κ3) is 4.94. The van der Waals surface area contributed by atoms with Crippen LogP contribution in [0.15, 0.2) is 29.3 Å². The number of rotatable bonds is 7. The molecular formula is C20H20N4O6S. The second-order valence-corrected chi connectivity index (χ2v) is 8.13. The number of hydrogen-bond donors (Lipinski definition) is 1. The van der Waals surface area contributed by atoms with Crippen molar-refractivity contribution in [1.82, 2.24) is 9.55 Å². The van der Waals surface area contributed by atoms with Gasteiger partial charge >= 0.3 is 5.97 Å². The van der Waals surface area contributed by atoms with Crippen molar-refractivity contribution in [2.45, 2.75) is 33.7 Å². The van der Waals surface area contributed by atoms with Crippen LogP contribution in [0.5, 0.6) is 0 Å². The van der Waals surface area contributed by atoms with Crippen LogP contribution in [0, 0.1) is 30.9 Å². The smallest absolute Gasteiger partial charge is 0.308 e. The molecule has 11 heteroatoms. The number of amides is 1. The van der Waals surface area contributed by atoms with Gasteiger partial charge in [-0.3, -0.25) is 29.1 Å². The van der Waals surface area contributed by atoms with Gasteiger partial charge in [-0.2, -0.15) is 0 Å². The SMILES string of the molecule is Cc1ccc(NC(=O)COC(=O)CCn2cnc3sc(C)c(C)c3c2=O)cc1[N+](=O)[O-]. The van der Waals surface area contributed by atoms with Gasteiger partial charge < -0.3 is 10.1 Å². The van der Waals surface area contributed by atoms with Crippen molar-refractivity contribution in [3.05, 3.63) is 61.0 Å². The number of esters is 1. The van der Waals surface area contributed by atoms with E-state index in [2.05, 4.69) is 10.3 Å². The molecule has 0 aliphatic rings. The fraction of sp³-hybridized carbons (Fsp3) is 0.300. The van der Waals surface area contributed by atoms with Crippen LogP contribution in [-0.4, -0.2) is 33.0 Å². The van der Waals surface area contributed by atoms with Crippen molar-refractivity contribution in [2.24, 2.45) is 0 Å². The van der Waals surface area contributed by atoms with Crippen LogP contribution < -0.4 is 10.9 Å². The largest absolute Gasteiger partial charge is 0.456 e. The summed E-state index contributed by atoms with van der Waals surface area (Å²) in [6.07, 6.45) is 1.28. The van der Waals surface area contributed by atoms with Gasteiger partial charge in [0.1, 0.15) is 4.83 Å². The van der Waals surface area contributed by atoms with Gasteiger partial charge in [0, 0.05) is 28.7 Å². The van der Waals surface area contributed by atoms with Crippen LogP contribution in [0.3, 0.4) is 0 Å². The van der Waals surface area contributed by atoms with Crippen molar-refractivity contribution in [3.63, 3.8) is 0 Å². The number of benzene rings is 1. The first-order valence-electron chi connectivity index (χ1n) is 9.33. The Morgan fingerprint density at radius 2 is 2.03 bits per heavy atom. The molecule has 0 saturated carbocycles. The van der Waals surface area contributed by atoms with Gasteiger partial charge in [0.2, 0.25) is 0 Å². The fourth-order valence-electron chi connectivity index (χ4n) is 2.94. The summed E-state index contributed by atoms with van der Waals surface area (Å²) in [7, 11) is 0. The number of nitrogens with zero attached hydrogens (tertiary/aromatic N) is 3. The Morgan fingerprint density at radius 3 is 2.74 bits per heavy atom. The number of ether oxygens (including phenoxy) is 1. The van der Waals surface area contributed by atoms with Crippen LogP contribution in [-0.2, 0) is 20.9 Å². The summed E-state index contributed by atoms with van der Waals surface area (Å²) in [6.45, 7) is 4.89. The minimum absolute atomic E-state index is 0.0702. The highest BCUT2D eigenvalue weighted by Gasteiger charge is 2.15. The van der Waals surface area contributed by atoms with E-state index in [0.29, 0.717) is 15.8 Å². The summed E-state index contributed by atoms with van der Waals surface area (Å²) >= 11 is 1.44. The molecule has 1 amide bonds. The number of anilines is 1. The Kier molecular flexibility index (Phi) is 6.44. The van der Waals surface area contributed by atoms with Gasteiger partial charge in [0.15, 0.2) is 6.61 Å². The Morgan fingerprint density at radius 1 is 1.29 bits per heavy atom. The van der Waals surface area contributed by atoms with Gasteiger partial charge in [0.05, 0.1) is 23.1 Å². The van der Waals surface area contributed by atoms with Gasteiger partial charge in [-0.05, 0) is 32.4 Å². The summed E-state index contributed by atoms with van der Waals surface area (Å²) in [5.74, 6) is -1.29. The number of carbonyl (C=O) groups is 2. The second-order valence-electron chi connectivity index (χ2n) is 6.92. The molecule has 0 saturated heterocycles. The van der Waals surface area contributed by atoms with E-state index < -0.39 is 23.4 Å². The molecule has 3 rings (SSSR count). The van der Waals surface area contributed by atoms with Crippen LogP contribution in [0.4, 0.5) is 11.4 Å². The molecule has 0 radical (unpaired) electrons. The topological polar surface area (TPSA) is 133 Å². The minimum Gasteiger partial charge on any atom is -0.456 e. The zero-order chi connectivity index (χ0) is 22.7. The van der Waals surface area contributed by atoms with E-state index in [1.165, 1.54) is 40.4 Å². The molecular weight excluding hydrogens is 424 g/mol. The van der Waals surface area contributed by atoms with E-state index in [0.717, 1.165) is 10.4 Å². The number of hydrogen-bond acceptors (Lipinski definition) is 8. The van der Waals surface area contributed by atoms with Gasteiger partial charge in [-0.15, -0.1) is 11.3 Å². The average molecular weight is 444 g/mol. The number of carbonyl (C=O) groups excluding carboxylic acids is 2. The highest BCUT2D eigenvalue weighted by atomic mass is 32.1. The zero-order valence-electron chi connectivity index (χ0n) is 17.1. The molecule has 2 aromatic heterocycles. The Bertz CT molecular complexity index is 1250. The van der Waals surface area contributed by atoms with Crippen molar-refractivity contribution >= 4 is 44.8 Å². The predicted octanol–water partition coefficient (Wildman–Crippen LogP) is 2.86.